The highest BCUT2D eigenvalue weighted by molar-refractivity contribution is 7.47. The lowest BCUT2D eigenvalue weighted by molar-refractivity contribution is -0.0662. The minimum Gasteiger partial charge on any atom is -0.386 e. The number of nitrogens with zero attached hydrogens (tertiary/aromatic N) is 6. The van der Waals surface area contributed by atoms with Crippen molar-refractivity contribution in [3.05, 3.63) is 39.2 Å². The lowest BCUT2D eigenvalue weighted by Crippen LogP contribution is -2.42. The SMILES string of the molecule is Cc1nc2c(ncn2[C@@H]2O[C@@H]3COP(=O)(O)O[C@H]4[C@@H](O)[C@H](n5cnc6c(=O)[nH]c(N)nc65)O[C@@H]4COP(=O)(O)O[C@H]3[C@H]2N)c(=O)[nH]1. The smallest absolute Gasteiger partial charge is 0.386 e. The molecule has 4 aromatic rings. The molecule has 10 atom stereocenters. The number of nitrogens with two attached hydrogens (primary N) is 2. The lowest BCUT2D eigenvalue weighted by Gasteiger charge is -2.28. The van der Waals surface area contributed by atoms with Crippen LogP contribution in [0.4, 0.5) is 5.95 Å². The van der Waals surface area contributed by atoms with E-state index < -0.39 is 89.0 Å². The number of aliphatic hydroxyl groups is 1. The van der Waals surface area contributed by atoms with E-state index in [-0.39, 0.29) is 34.1 Å². The third-order valence-electron chi connectivity index (χ3n) is 7.56. The van der Waals surface area contributed by atoms with Crippen LogP contribution in [0.25, 0.3) is 22.3 Å². The molecule has 25 heteroatoms. The Morgan fingerprint density at radius 3 is 2.04 bits per heavy atom. The summed E-state index contributed by atoms with van der Waals surface area (Å²) >= 11 is 0. The summed E-state index contributed by atoms with van der Waals surface area (Å²) in [7, 11) is -10.0. The fourth-order valence-corrected chi connectivity index (χ4v) is 7.49. The maximum Gasteiger partial charge on any atom is 0.472 e. The Labute approximate surface area is 254 Å². The average Bonchev–Trinajstić information content (AvgIpc) is 3.72. The summed E-state index contributed by atoms with van der Waals surface area (Å²) in [6.45, 7) is -0.0401. The normalized spacial score (nSPS) is 37.2. The second-order valence-electron chi connectivity index (χ2n) is 10.6. The van der Waals surface area contributed by atoms with Crippen LogP contribution in [0.1, 0.15) is 18.3 Å². The second kappa shape index (κ2) is 11.1. The standard InChI is InChI=1S/C21H26N10O13P2/c1-6-26-15-10(17(33)27-6)24-4-30(15)19-9(22)13-7(41-19)2-39-46(37,38)44-14-8(3-40-45(35,36)43-13)42-20(12(14)32)31-5-25-11-16(31)28-21(23)29-18(11)34/h4-5,7-9,12-14,19-20,32H,2-3,22H2,1H3,(H,35,36)(H,37,38)(H,26,27,33)(H3,23,28,29,34)/t7-,8-,9-,12-,13-,14-,19-,20-/m1/s1. The van der Waals surface area contributed by atoms with Gasteiger partial charge in [-0.25, -0.2) is 24.1 Å². The number of nitrogens with one attached hydrogen (secondary N) is 2. The van der Waals surface area contributed by atoms with Crippen LogP contribution >= 0.6 is 15.6 Å². The van der Waals surface area contributed by atoms with Gasteiger partial charge in [-0.2, -0.15) is 4.98 Å². The van der Waals surface area contributed by atoms with E-state index in [1.807, 2.05) is 0 Å². The first-order valence-corrected chi connectivity index (χ1v) is 16.4. The minimum absolute atomic E-state index is 0.0352. The van der Waals surface area contributed by atoms with Gasteiger partial charge in [0, 0.05) is 0 Å². The van der Waals surface area contributed by atoms with Gasteiger partial charge in [-0.3, -0.25) is 41.8 Å². The number of aromatic amines is 2. The highest BCUT2D eigenvalue weighted by atomic mass is 31.2. The molecule has 7 rings (SSSR count). The third-order valence-corrected chi connectivity index (χ3v) is 9.53. The molecule has 0 bridgehead atoms. The topological polar surface area (TPSA) is 329 Å². The van der Waals surface area contributed by atoms with Gasteiger partial charge >= 0.3 is 15.6 Å². The number of H-pyrrole nitrogens is 2. The summed E-state index contributed by atoms with van der Waals surface area (Å²) < 4.78 is 61.4. The number of phosphoric acid groups is 2. The van der Waals surface area contributed by atoms with E-state index in [1.165, 1.54) is 10.9 Å². The molecule has 3 aliphatic heterocycles. The van der Waals surface area contributed by atoms with Crippen LogP contribution in [0.3, 0.4) is 0 Å². The number of hydrogen-bond acceptors (Lipinski definition) is 17. The van der Waals surface area contributed by atoms with Crippen LogP contribution in [0, 0.1) is 6.92 Å². The Hall–Kier alpha value is -3.44. The number of aliphatic hydroxyl groups excluding tert-OH is 1. The van der Waals surface area contributed by atoms with E-state index in [1.54, 1.807) is 6.92 Å². The van der Waals surface area contributed by atoms with Crippen LogP contribution in [0.15, 0.2) is 22.2 Å². The first-order valence-electron chi connectivity index (χ1n) is 13.4. The Balaban J connectivity index is 1.18. The molecule has 0 aromatic carbocycles. The van der Waals surface area contributed by atoms with E-state index in [4.69, 9.17) is 39.0 Å². The van der Waals surface area contributed by atoms with Crippen molar-refractivity contribution in [1.82, 2.24) is 39.0 Å². The summed E-state index contributed by atoms with van der Waals surface area (Å²) in [6, 6.07) is -1.25. The molecule has 3 saturated heterocycles. The summed E-state index contributed by atoms with van der Waals surface area (Å²) in [5.41, 5.74) is 10.6. The number of aromatic nitrogens is 8. The number of anilines is 1. The average molecular weight is 688 g/mol. The van der Waals surface area contributed by atoms with Crippen LogP contribution in [0.2, 0.25) is 0 Å². The zero-order valence-corrected chi connectivity index (χ0v) is 25.1. The van der Waals surface area contributed by atoms with Gasteiger partial charge in [0.15, 0.2) is 34.8 Å². The molecule has 3 fully saturated rings. The van der Waals surface area contributed by atoms with Crippen molar-refractivity contribution >= 4 is 43.9 Å². The maximum absolute atomic E-state index is 13.2. The van der Waals surface area contributed by atoms with Gasteiger partial charge in [0.05, 0.1) is 31.9 Å². The van der Waals surface area contributed by atoms with Crippen molar-refractivity contribution in [2.24, 2.45) is 5.73 Å². The molecule has 46 heavy (non-hydrogen) atoms. The molecule has 23 nitrogen and oxygen atoms in total. The van der Waals surface area contributed by atoms with Crippen molar-refractivity contribution < 1.29 is 51.6 Å². The van der Waals surface area contributed by atoms with Crippen molar-refractivity contribution in [3.8, 4) is 0 Å². The summed E-state index contributed by atoms with van der Waals surface area (Å²) in [5.74, 6) is -0.00472. The molecule has 4 aromatic heterocycles. The molecule has 3 aliphatic rings. The minimum atomic E-state index is -5.04. The number of ether oxygens (including phenoxy) is 2. The Morgan fingerprint density at radius 2 is 1.39 bits per heavy atom. The van der Waals surface area contributed by atoms with Crippen LogP contribution in [-0.4, -0.2) is 104 Å². The largest absolute Gasteiger partial charge is 0.472 e. The molecule has 0 spiro atoms. The fourth-order valence-electron chi connectivity index (χ4n) is 5.55. The molecule has 0 saturated carbocycles. The number of nitrogen functional groups attached to an aromatic ring is 1. The monoisotopic (exact) mass is 688 g/mol. The number of hydrogen-bond donors (Lipinski definition) is 7. The predicted octanol–water partition coefficient (Wildman–Crippen LogP) is -2.36. The zero-order valence-electron chi connectivity index (χ0n) is 23.3. The van der Waals surface area contributed by atoms with Gasteiger partial charge < -0.3 is 40.8 Å². The quantitative estimate of drug-likeness (QED) is 0.108. The van der Waals surface area contributed by atoms with Crippen molar-refractivity contribution in [1.29, 1.82) is 0 Å². The van der Waals surface area contributed by atoms with E-state index in [0.717, 1.165) is 10.9 Å². The van der Waals surface area contributed by atoms with Crippen molar-refractivity contribution in [3.63, 3.8) is 0 Å². The van der Waals surface area contributed by atoms with Crippen LogP contribution < -0.4 is 22.6 Å². The number of phosphoric ester groups is 2. The first kappa shape index (κ1) is 31.2. The molecule has 2 unspecified atom stereocenters. The van der Waals surface area contributed by atoms with Crippen LogP contribution in [-0.2, 0) is 36.7 Å². The second-order valence-corrected chi connectivity index (χ2v) is 13.4. The molecular weight excluding hydrogens is 662 g/mol. The number of fused-ring (bicyclic) bond motifs is 4. The van der Waals surface area contributed by atoms with Gasteiger partial charge in [0.1, 0.15) is 36.3 Å². The van der Waals surface area contributed by atoms with Crippen molar-refractivity contribution in [2.75, 3.05) is 18.9 Å². The lowest BCUT2D eigenvalue weighted by atomic mass is 10.1. The van der Waals surface area contributed by atoms with E-state index >= 15 is 0 Å². The fraction of sp³-hybridized carbons (Fsp3) is 0.524. The first-order chi connectivity index (χ1) is 21.7. The third kappa shape index (κ3) is 5.39. The van der Waals surface area contributed by atoms with Crippen LogP contribution in [0.5, 0.6) is 0 Å². The van der Waals surface area contributed by atoms with Gasteiger partial charge in [0.2, 0.25) is 5.95 Å². The van der Waals surface area contributed by atoms with E-state index in [9.17, 15) is 33.6 Å². The number of aryl methyl sites for hydroxylation is 1. The Morgan fingerprint density at radius 1 is 0.870 bits per heavy atom. The Bertz CT molecular complexity index is 1900. The molecule has 7 heterocycles. The predicted molar refractivity (Wildman–Crippen MR) is 149 cm³/mol. The molecule has 0 radical (unpaired) electrons. The molecular formula is C21H26N10O13P2. The van der Waals surface area contributed by atoms with Gasteiger partial charge in [-0.05, 0) is 6.92 Å². The zero-order chi connectivity index (χ0) is 32.7. The van der Waals surface area contributed by atoms with E-state index in [0.29, 0.717) is 0 Å². The summed E-state index contributed by atoms with van der Waals surface area (Å²) in [6.07, 6.45) is -8.11. The summed E-state index contributed by atoms with van der Waals surface area (Å²) in [5, 5.41) is 11.1. The Kier molecular flexibility index (Phi) is 7.51. The van der Waals surface area contributed by atoms with Gasteiger partial charge in [0.25, 0.3) is 11.1 Å². The van der Waals surface area contributed by atoms with Gasteiger partial charge in [-0.15, -0.1) is 0 Å². The highest BCUT2D eigenvalue weighted by Crippen LogP contribution is 2.53. The van der Waals surface area contributed by atoms with Gasteiger partial charge in [-0.1, -0.05) is 0 Å². The van der Waals surface area contributed by atoms with E-state index in [2.05, 4.69) is 29.9 Å². The van der Waals surface area contributed by atoms with Crippen molar-refractivity contribution in [2.45, 2.75) is 55.9 Å². The summed E-state index contributed by atoms with van der Waals surface area (Å²) in [4.78, 5) is 66.9. The molecule has 0 aliphatic carbocycles. The molecule has 9 N–H and O–H groups in total. The number of imidazole rings is 2. The highest BCUT2D eigenvalue weighted by Gasteiger charge is 2.53. The molecule has 0 amide bonds. The molecule has 248 valence electrons. The number of rotatable bonds is 2. The maximum atomic E-state index is 13.2.